The smallest absolute Gasteiger partial charge is 0.281 e. The number of carbonyl (C=O) groups excluding carboxylic acids is 1. The molecular weight excluding hydrogens is 442 g/mol. The zero-order valence-electron chi connectivity index (χ0n) is 17.9. The number of benzene rings is 1. The van der Waals surface area contributed by atoms with E-state index in [1.165, 1.54) is 16.2 Å². The van der Waals surface area contributed by atoms with Crippen LogP contribution in [0.15, 0.2) is 47.3 Å². The number of carbonyl (C=O) groups is 1. The number of amides is 1. The Morgan fingerprint density at radius 1 is 1.16 bits per heavy atom. The molecule has 7 nitrogen and oxygen atoms in total. The van der Waals surface area contributed by atoms with Crippen molar-refractivity contribution in [3.8, 4) is 10.7 Å². The van der Waals surface area contributed by atoms with Gasteiger partial charge >= 0.3 is 0 Å². The normalized spacial score (nSPS) is 16.1. The summed E-state index contributed by atoms with van der Waals surface area (Å²) in [6.45, 7) is 3.27. The molecule has 0 spiro atoms. The number of nitrogens with one attached hydrogen (secondary N) is 1. The minimum Gasteiger partial charge on any atom is -0.350 e. The Morgan fingerprint density at radius 3 is 2.72 bits per heavy atom. The van der Waals surface area contributed by atoms with Gasteiger partial charge in [-0.3, -0.25) is 14.2 Å². The van der Waals surface area contributed by atoms with Crippen molar-refractivity contribution in [1.82, 2.24) is 19.9 Å². The molecule has 3 aromatic heterocycles. The molecule has 5 rings (SSSR count). The summed E-state index contributed by atoms with van der Waals surface area (Å²) >= 11 is 2.99. The summed E-state index contributed by atoms with van der Waals surface area (Å²) in [4.78, 5) is 40.1. The van der Waals surface area contributed by atoms with Crippen molar-refractivity contribution in [2.24, 2.45) is 7.05 Å². The Labute approximate surface area is 193 Å². The summed E-state index contributed by atoms with van der Waals surface area (Å²) in [5, 5.41) is 3.73. The quantitative estimate of drug-likeness (QED) is 0.486. The van der Waals surface area contributed by atoms with Crippen molar-refractivity contribution in [1.29, 1.82) is 0 Å². The van der Waals surface area contributed by atoms with Crippen molar-refractivity contribution in [3.63, 3.8) is 0 Å². The topological polar surface area (TPSA) is 80.1 Å². The van der Waals surface area contributed by atoms with Crippen molar-refractivity contribution in [2.45, 2.75) is 32.4 Å². The number of anilines is 1. The highest BCUT2D eigenvalue weighted by Crippen LogP contribution is 2.33. The van der Waals surface area contributed by atoms with Gasteiger partial charge < -0.3 is 10.2 Å². The third-order valence-corrected chi connectivity index (χ3v) is 7.68. The number of rotatable bonds is 5. The van der Waals surface area contributed by atoms with Crippen molar-refractivity contribution in [2.75, 3.05) is 11.4 Å². The molecule has 1 aliphatic rings. The number of thiazole rings is 1. The van der Waals surface area contributed by atoms with E-state index in [1.807, 2.05) is 54.3 Å². The summed E-state index contributed by atoms with van der Waals surface area (Å²) in [7, 11) is 1.73. The van der Waals surface area contributed by atoms with Gasteiger partial charge in [-0.25, -0.2) is 9.97 Å². The Bertz CT molecular complexity index is 1340. The highest BCUT2D eigenvalue weighted by atomic mass is 32.1. The first-order valence-electron chi connectivity index (χ1n) is 10.5. The van der Waals surface area contributed by atoms with Crippen LogP contribution in [-0.2, 0) is 18.4 Å². The molecular formula is C23H23N5O2S2. The Hall–Kier alpha value is -3.04. The van der Waals surface area contributed by atoms with Crippen molar-refractivity contribution >= 4 is 44.1 Å². The number of hydrogen-bond donors (Lipinski definition) is 1. The average Bonchev–Trinajstić information content (AvgIpc) is 3.54. The molecule has 4 heterocycles. The second-order valence-electron chi connectivity index (χ2n) is 7.91. The molecule has 1 aromatic carbocycles. The summed E-state index contributed by atoms with van der Waals surface area (Å²) in [6, 6.07) is 13.6. The Balaban J connectivity index is 1.42. The fourth-order valence-electron chi connectivity index (χ4n) is 4.01. The highest BCUT2D eigenvalue weighted by Gasteiger charge is 2.33. The summed E-state index contributed by atoms with van der Waals surface area (Å²) in [6.07, 6.45) is 1.67. The van der Waals surface area contributed by atoms with E-state index >= 15 is 0 Å². The van der Waals surface area contributed by atoms with Crippen LogP contribution in [0.25, 0.3) is 21.0 Å². The van der Waals surface area contributed by atoms with E-state index in [0.29, 0.717) is 27.8 Å². The standard InChI is InChI=1S/C23H23N5O2S2/c1-14-10-11-17(31-14)19-26-21-18(22(30)27(19)2)25-23(32-21)28-12-6-9-16(28)20(29)24-13-15-7-4-3-5-8-15/h3-5,7-8,10-11,16H,6,9,12-13H2,1-2H3,(H,24,29). The second-order valence-corrected chi connectivity index (χ2v) is 10.2. The highest BCUT2D eigenvalue weighted by molar-refractivity contribution is 7.21. The number of hydrogen-bond acceptors (Lipinski definition) is 7. The minimum atomic E-state index is -0.289. The van der Waals surface area contributed by atoms with Crippen LogP contribution in [0.3, 0.4) is 0 Å². The minimum absolute atomic E-state index is 0.0128. The van der Waals surface area contributed by atoms with Crippen molar-refractivity contribution in [3.05, 3.63) is 63.3 Å². The number of thiophene rings is 1. The van der Waals surface area contributed by atoms with Gasteiger partial charge in [0.2, 0.25) is 5.91 Å². The molecule has 0 aliphatic carbocycles. The van der Waals surface area contributed by atoms with Gasteiger partial charge in [-0.05, 0) is 37.5 Å². The Morgan fingerprint density at radius 2 is 1.97 bits per heavy atom. The molecule has 1 amide bonds. The molecule has 32 heavy (non-hydrogen) atoms. The van der Waals surface area contributed by atoms with Gasteiger partial charge in [0, 0.05) is 25.0 Å². The molecule has 0 bridgehead atoms. The monoisotopic (exact) mass is 465 g/mol. The molecule has 1 aliphatic heterocycles. The van der Waals surface area contributed by atoms with E-state index in [2.05, 4.69) is 10.3 Å². The third kappa shape index (κ3) is 3.82. The van der Waals surface area contributed by atoms with E-state index in [4.69, 9.17) is 4.98 Å². The lowest BCUT2D eigenvalue weighted by molar-refractivity contribution is -0.122. The SMILES string of the molecule is Cc1ccc(-c2nc3sc(N4CCCC4C(=O)NCc4ccccc4)nc3c(=O)n2C)s1. The number of aryl methyl sites for hydroxylation is 1. The van der Waals surface area contributed by atoms with Crippen LogP contribution in [0.5, 0.6) is 0 Å². The van der Waals surface area contributed by atoms with Gasteiger partial charge in [0.1, 0.15) is 6.04 Å². The molecule has 4 aromatic rings. The zero-order chi connectivity index (χ0) is 22.2. The number of aromatic nitrogens is 3. The maximum absolute atomic E-state index is 13.0. The van der Waals surface area contributed by atoms with E-state index in [1.54, 1.807) is 23.0 Å². The first-order valence-corrected chi connectivity index (χ1v) is 12.2. The van der Waals surface area contributed by atoms with Crippen LogP contribution in [0.2, 0.25) is 0 Å². The second kappa shape index (κ2) is 8.48. The molecule has 164 valence electrons. The van der Waals surface area contributed by atoms with E-state index in [-0.39, 0.29) is 17.5 Å². The molecule has 9 heteroatoms. The largest absolute Gasteiger partial charge is 0.350 e. The van der Waals surface area contributed by atoms with Gasteiger partial charge in [0.15, 0.2) is 21.3 Å². The molecule has 0 saturated carbocycles. The Kier molecular flexibility index (Phi) is 5.52. The van der Waals surface area contributed by atoms with Gasteiger partial charge in [0.25, 0.3) is 5.56 Å². The number of nitrogens with zero attached hydrogens (tertiary/aromatic N) is 4. The maximum atomic E-state index is 13.0. The molecule has 0 radical (unpaired) electrons. The molecule has 1 atom stereocenters. The summed E-state index contributed by atoms with van der Waals surface area (Å²) < 4.78 is 1.56. The average molecular weight is 466 g/mol. The molecule has 1 unspecified atom stereocenters. The lowest BCUT2D eigenvalue weighted by Gasteiger charge is -2.23. The van der Waals surface area contributed by atoms with Crippen LogP contribution in [0.4, 0.5) is 5.13 Å². The molecule has 1 fully saturated rings. The zero-order valence-corrected chi connectivity index (χ0v) is 19.5. The van der Waals surface area contributed by atoms with E-state index in [9.17, 15) is 9.59 Å². The predicted octanol–water partition coefficient (Wildman–Crippen LogP) is 3.71. The summed E-state index contributed by atoms with van der Waals surface area (Å²) in [5.41, 5.74) is 1.26. The fourth-order valence-corrected chi connectivity index (χ4v) is 5.91. The van der Waals surface area contributed by atoms with E-state index in [0.717, 1.165) is 29.8 Å². The first-order chi connectivity index (χ1) is 15.5. The van der Waals surface area contributed by atoms with Crippen LogP contribution < -0.4 is 15.8 Å². The van der Waals surface area contributed by atoms with Gasteiger partial charge in [0.05, 0.1) is 4.88 Å². The first kappa shape index (κ1) is 20.8. The predicted molar refractivity (Wildman–Crippen MR) is 129 cm³/mol. The van der Waals surface area contributed by atoms with Crippen molar-refractivity contribution < 1.29 is 4.79 Å². The van der Waals surface area contributed by atoms with Gasteiger partial charge in [-0.15, -0.1) is 11.3 Å². The van der Waals surface area contributed by atoms with Crippen LogP contribution in [0, 0.1) is 6.92 Å². The molecule has 1 saturated heterocycles. The lowest BCUT2D eigenvalue weighted by atomic mass is 10.2. The molecule has 1 N–H and O–H groups in total. The fraction of sp³-hybridized carbons (Fsp3) is 0.304. The van der Waals surface area contributed by atoms with Crippen LogP contribution >= 0.6 is 22.7 Å². The van der Waals surface area contributed by atoms with Crippen LogP contribution in [0.1, 0.15) is 23.3 Å². The van der Waals surface area contributed by atoms with E-state index < -0.39 is 0 Å². The van der Waals surface area contributed by atoms with Gasteiger partial charge in [-0.1, -0.05) is 41.7 Å². The number of fused-ring (bicyclic) bond motifs is 1. The van der Waals surface area contributed by atoms with Gasteiger partial charge in [-0.2, -0.15) is 0 Å². The lowest BCUT2D eigenvalue weighted by Crippen LogP contribution is -2.43. The maximum Gasteiger partial charge on any atom is 0.281 e. The third-order valence-electron chi connectivity index (χ3n) is 5.70. The summed E-state index contributed by atoms with van der Waals surface area (Å²) in [5.74, 6) is 0.635. The van der Waals surface area contributed by atoms with Crippen LogP contribution in [-0.4, -0.2) is 33.0 Å².